The number of aromatic nitrogens is 2. The number of nitriles is 1. The maximum Gasteiger partial charge on any atom is 0.325 e. The van der Waals surface area contributed by atoms with E-state index in [4.69, 9.17) is 26.3 Å². The van der Waals surface area contributed by atoms with Crippen molar-refractivity contribution in [3.05, 3.63) is 47.3 Å². The lowest BCUT2D eigenvalue weighted by molar-refractivity contribution is 0.262. The van der Waals surface area contributed by atoms with Crippen LogP contribution in [0.25, 0.3) is 0 Å². The average Bonchev–Trinajstić information content (AvgIpc) is 2.62. The summed E-state index contributed by atoms with van der Waals surface area (Å²) in [5.41, 5.74) is 0.459. The molecule has 2 N–H and O–H groups in total. The van der Waals surface area contributed by atoms with E-state index in [9.17, 15) is 4.79 Å². The number of anilines is 2. The summed E-state index contributed by atoms with van der Waals surface area (Å²) in [6.45, 7) is 0.622. The third kappa shape index (κ3) is 4.40. The van der Waals surface area contributed by atoms with Gasteiger partial charge in [0.15, 0.2) is 5.82 Å². The summed E-state index contributed by atoms with van der Waals surface area (Å²) in [6, 6.07) is 6.26. The molecule has 1 aliphatic rings. The number of amides is 2. The number of rotatable bonds is 0. The number of carbonyl (C=O) groups excluding carboxylic acids is 1. The molecule has 132 valence electrons. The number of ether oxygens (including phenoxy) is 2. The Hall–Kier alpha value is -3.31. The lowest BCUT2D eigenvalue weighted by Crippen LogP contribution is -2.21. The topological polar surface area (TPSA) is 109 Å². The highest BCUT2D eigenvalue weighted by molar-refractivity contribution is 6.31. The Morgan fingerprint density at radius 2 is 2.12 bits per heavy atom. The third-order valence-corrected chi connectivity index (χ3v) is 3.54. The Bertz CT molecular complexity index is 894. The maximum atomic E-state index is 12.2. The molecule has 9 heteroatoms. The summed E-state index contributed by atoms with van der Waals surface area (Å²) in [5, 5.41) is 14.7. The standard InChI is InChI=1S/C17H14ClN5O3/c18-11-4-5-14-12(8-11)21-17(24)23-15-10-20-13(9-19)16(22-15)26-7-3-1-2-6-25-14/h1-2,4-5,8,10H,3,6-7H2,(H2,21,22,23,24)/b2-1+. The average molecular weight is 372 g/mol. The molecule has 0 aliphatic carbocycles. The van der Waals surface area contributed by atoms with Gasteiger partial charge in [-0.2, -0.15) is 10.2 Å². The van der Waals surface area contributed by atoms with Crippen molar-refractivity contribution in [1.29, 1.82) is 5.26 Å². The molecule has 8 nitrogen and oxygen atoms in total. The van der Waals surface area contributed by atoms with E-state index in [1.54, 1.807) is 18.2 Å². The van der Waals surface area contributed by atoms with Gasteiger partial charge in [-0.25, -0.2) is 9.78 Å². The van der Waals surface area contributed by atoms with Crippen LogP contribution >= 0.6 is 11.6 Å². The first-order valence-electron chi connectivity index (χ1n) is 7.71. The van der Waals surface area contributed by atoms with E-state index in [1.165, 1.54) is 6.20 Å². The molecular formula is C17H14ClN5O3. The van der Waals surface area contributed by atoms with Crippen LogP contribution in [0.5, 0.6) is 11.6 Å². The Labute approximate surface area is 154 Å². The highest BCUT2D eigenvalue weighted by Crippen LogP contribution is 2.28. The Kier molecular flexibility index (Phi) is 5.51. The fourth-order valence-corrected chi connectivity index (χ4v) is 2.32. The van der Waals surface area contributed by atoms with Crippen molar-refractivity contribution in [2.45, 2.75) is 6.42 Å². The van der Waals surface area contributed by atoms with Crippen LogP contribution < -0.4 is 20.1 Å². The predicted octanol–water partition coefficient (Wildman–Crippen LogP) is 3.36. The van der Waals surface area contributed by atoms with Crippen molar-refractivity contribution in [2.75, 3.05) is 23.8 Å². The van der Waals surface area contributed by atoms with Gasteiger partial charge >= 0.3 is 6.03 Å². The summed E-state index contributed by atoms with van der Waals surface area (Å²) in [4.78, 5) is 20.3. The Morgan fingerprint density at radius 3 is 2.96 bits per heavy atom. The molecule has 1 aliphatic heterocycles. The van der Waals surface area contributed by atoms with Crippen molar-refractivity contribution in [1.82, 2.24) is 9.97 Å². The molecule has 2 aromatic rings. The molecule has 1 aromatic carbocycles. The molecule has 1 aromatic heterocycles. The fraction of sp³-hybridized carbons (Fsp3) is 0.176. The molecule has 0 unspecified atom stereocenters. The van der Waals surface area contributed by atoms with E-state index >= 15 is 0 Å². The number of nitrogens with zero attached hydrogens (tertiary/aromatic N) is 3. The van der Waals surface area contributed by atoms with Crippen LogP contribution in [0.2, 0.25) is 5.02 Å². The lowest BCUT2D eigenvalue weighted by Gasteiger charge is -2.12. The minimum absolute atomic E-state index is 0.0460. The second-order valence-electron chi connectivity index (χ2n) is 5.16. The predicted molar refractivity (Wildman–Crippen MR) is 95.6 cm³/mol. The number of hydrogen-bond acceptors (Lipinski definition) is 6. The van der Waals surface area contributed by atoms with Crippen LogP contribution in [0.15, 0.2) is 36.5 Å². The monoisotopic (exact) mass is 371 g/mol. The van der Waals surface area contributed by atoms with Gasteiger partial charge in [0, 0.05) is 5.02 Å². The van der Waals surface area contributed by atoms with Gasteiger partial charge in [0.05, 0.1) is 18.5 Å². The fourth-order valence-electron chi connectivity index (χ4n) is 2.15. The molecule has 0 saturated heterocycles. The summed E-state index contributed by atoms with van der Waals surface area (Å²) in [7, 11) is 0. The number of carbonyl (C=O) groups is 1. The van der Waals surface area contributed by atoms with Crippen molar-refractivity contribution >= 4 is 29.1 Å². The van der Waals surface area contributed by atoms with Crippen molar-refractivity contribution in [3.63, 3.8) is 0 Å². The van der Waals surface area contributed by atoms with Crippen LogP contribution in [0.4, 0.5) is 16.3 Å². The summed E-state index contributed by atoms with van der Waals surface area (Å²) < 4.78 is 11.1. The number of hydrogen-bond donors (Lipinski definition) is 2. The van der Waals surface area contributed by atoms with Gasteiger partial charge in [0.1, 0.15) is 18.4 Å². The maximum absolute atomic E-state index is 12.2. The van der Waals surface area contributed by atoms with Gasteiger partial charge in [0.25, 0.3) is 5.88 Å². The second kappa shape index (κ2) is 8.18. The molecular weight excluding hydrogens is 358 g/mol. The molecule has 2 heterocycles. The molecule has 0 spiro atoms. The third-order valence-electron chi connectivity index (χ3n) is 3.30. The normalized spacial score (nSPS) is 15.5. The first kappa shape index (κ1) is 17.5. The number of fused-ring (bicyclic) bond motifs is 3. The minimum Gasteiger partial charge on any atom is -0.487 e. The summed E-state index contributed by atoms with van der Waals surface area (Å²) >= 11 is 6.00. The Morgan fingerprint density at radius 1 is 1.23 bits per heavy atom. The molecule has 0 radical (unpaired) electrons. The summed E-state index contributed by atoms with van der Waals surface area (Å²) in [6.07, 6.45) is 5.58. The smallest absolute Gasteiger partial charge is 0.325 e. The minimum atomic E-state index is -0.563. The molecule has 2 bridgehead atoms. The molecule has 2 amide bonds. The van der Waals surface area contributed by atoms with Crippen molar-refractivity contribution in [2.24, 2.45) is 0 Å². The van der Waals surface area contributed by atoms with Crippen LogP contribution in [0.3, 0.4) is 0 Å². The number of benzene rings is 1. The van der Waals surface area contributed by atoms with Crippen LogP contribution in [0.1, 0.15) is 12.1 Å². The lowest BCUT2D eigenvalue weighted by atomic mass is 10.3. The van der Waals surface area contributed by atoms with E-state index in [0.717, 1.165) is 0 Å². The van der Waals surface area contributed by atoms with E-state index in [2.05, 4.69) is 20.6 Å². The first-order valence-corrected chi connectivity index (χ1v) is 8.09. The van der Waals surface area contributed by atoms with Gasteiger partial charge in [-0.1, -0.05) is 23.8 Å². The largest absolute Gasteiger partial charge is 0.487 e. The zero-order valence-electron chi connectivity index (χ0n) is 13.5. The quantitative estimate of drug-likeness (QED) is 0.687. The number of nitrogens with one attached hydrogen (secondary N) is 2. The zero-order valence-corrected chi connectivity index (χ0v) is 14.3. The van der Waals surface area contributed by atoms with Gasteiger partial charge in [0.2, 0.25) is 5.69 Å². The van der Waals surface area contributed by atoms with Gasteiger partial charge in [-0.3, -0.25) is 5.32 Å². The number of halogens is 1. The van der Waals surface area contributed by atoms with E-state index in [0.29, 0.717) is 36.1 Å². The molecule has 26 heavy (non-hydrogen) atoms. The first-order chi connectivity index (χ1) is 12.7. The Balaban J connectivity index is 1.90. The SMILES string of the molecule is N#Cc1ncc2nc1OCC/C=C/COc1ccc(Cl)cc1NC(=O)N2. The zero-order chi connectivity index (χ0) is 18.4. The van der Waals surface area contributed by atoms with E-state index in [-0.39, 0.29) is 17.4 Å². The van der Waals surface area contributed by atoms with E-state index in [1.807, 2.05) is 18.2 Å². The van der Waals surface area contributed by atoms with Gasteiger partial charge in [-0.15, -0.1) is 0 Å². The number of urea groups is 1. The highest BCUT2D eigenvalue weighted by Gasteiger charge is 2.13. The van der Waals surface area contributed by atoms with Gasteiger partial charge < -0.3 is 14.8 Å². The second-order valence-corrected chi connectivity index (χ2v) is 5.60. The molecule has 0 atom stereocenters. The van der Waals surface area contributed by atoms with Crippen molar-refractivity contribution in [3.8, 4) is 17.7 Å². The van der Waals surface area contributed by atoms with Crippen LogP contribution in [-0.4, -0.2) is 29.2 Å². The highest BCUT2D eigenvalue weighted by atomic mass is 35.5. The molecule has 0 saturated carbocycles. The molecule has 3 rings (SSSR count). The van der Waals surface area contributed by atoms with Crippen LogP contribution in [0, 0.1) is 11.3 Å². The molecule has 0 fully saturated rings. The van der Waals surface area contributed by atoms with E-state index < -0.39 is 6.03 Å². The van der Waals surface area contributed by atoms with Gasteiger partial charge in [-0.05, 0) is 24.6 Å². The van der Waals surface area contributed by atoms with Crippen LogP contribution in [-0.2, 0) is 0 Å². The summed E-state index contributed by atoms with van der Waals surface area (Å²) in [5.74, 6) is 0.687. The van der Waals surface area contributed by atoms with Crippen molar-refractivity contribution < 1.29 is 14.3 Å².